The van der Waals surface area contributed by atoms with Gasteiger partial charge in [0.2, 0.25) is 0 Å². The number of ether oxygens (including phenoxy) is 1. The Morgan fingerprint density at radius 1 is 1.10 bits per heavy atom. The summed E-state index contributed by atoms with van der Waals surface area (Å²) in [7, 11) is 0. The van der Waals surface area contributed by atoms with E-state index in [0.717, 1.165) is 31.2 Å². The smallest absolute Gasteiger partial charge is 0.410 e. The second kappa shape index (κ2) is 8.71. The van der Waals surface area contributed by atoms with E-state index < -0.39 is 5.60 Å². The van der Waals surface area contributed by atoms with Gasteiger partial charge in [-0.1, -0.05) is 50.1 Å². The highest BCUT2D eigenvalue weighted by Gasteiger charge is 2.31. The number of hydrogen-bond acceptors (Lipinski definition) is 2. The molecule has 0 aliphatic rings. The summed E-state index contributed by atoms with van der Waals surface area (Å²) in [5.74, 6) is 0. The van der Waals surface area contributed by atoms with Crippen LogP contribution in [0.15, 0.2) is 30.3 Å². The zero-order valence-corrected chi connectivity index (χ0v) is 13.9. The fraction of sp³-hybridized carbons (Fsp3) is 0.611. The van der Waals surface area contributed by atoms with Crippen molar-refractivity contribution in [3.63, 3.8) is 0 Å². The quantitative estimate of drug-likeness (QED) is 0.633. The molecule has 0 radical (unpaired) electrons. The van der Waals surface area contributed by atoms with Crippen molar-refractivity contribution in [2.24, 2.45) is 0 Å². The first-order valence-corrected chi connectivity index (χ1v) is 8.10. The van der Waals surface area contributed by atoms with Gasteiger partial charge in [-0.2, -0.15) is 0 Å². The molecule has 3 heteroatoms. The predicted molar refractivity (Wildman–Crippen MR) is 87.3 cm³/mol. The summed E-state index contributed by atoms with van der Waals surface area (Å²) >= 11 is 0. The van der Waals surface area contributed by atoms with Crippen LogP contribution < -0.4 is 0 Å². The van der Waals surface area contributed by atoms with E-state index in [9.17, 15) is 4.79 Å². The van der Waals surface area contributed by atoms with Crippen LogP contribution in [0, 0.1) is 0 Å². The molecule has 1 unspecified atom stereocenters. The van der Waals surface area contributed by atoms with Crippen LogP contribution in [-0.2, 0) is 10.3 Å². The van der Waals surface area contributed by atoms with Gasteiger partial charge in [-0.15, -0.1) is 0 Å². The summed E-state index contributed by atoms with van der Waals surface area (Å²) in [6.45, 7) is 9.51. The molecule has 0 fully saturated rings. The van der Waals surface area contributed by atoms with Crippen LogP contribution in [0.2, 0.25) is 0 Å². The van der Waals surface area contributed by atoms with Crippen molar-refractivity contribution < 1.29 is 9.53 Å². The van der Waals surface area contributed by atoms with Gasteiger partial charge in [0.25, 0.3) is 0 Å². The maximum absolute atomic E-state index is 12.3. The molecule has 1 aromatic rings. The number of benzene rings is 1. The van der Waals surface area contributed by atoms with E-state index in [1.807, 2.05) is 51.1 Å². The molecule has 0 N–H and O–H groups in total. The molecular weight excluding hydrogens is 262 g/mol. The van der Waals surface area contributed by atoms with Crippen LogP contribution in [0.25, 0.3) is 0 Å². The molecule has 0 aliphatic carbocycles. The summed E-state index contributed by atoms with van der Waals surface area (Å²) in [5, 5.41) is 0. The highest BCUT2D eigenvalue weighted by Crippen LogP contribution is 2.32. The fourth-order valence-corrected chi connectivity index (χ4v) is 2.50. The van der Waals surface area contributed by atoms with Gasteiger partial charge in [-0.05, 0) is 39.2 Å². The molecule has 1 amide bonds. The van der Waals surface area contributed by atoms with Crippen molar-refractivity contribution in [3.05, 3.63) is 35.9 Å². The van der Waals surface area contributed by atoms with E-state index in [1.54, 1.807) is 4.90 Å². The van der Waals surface area contributed by atoms with Crippen LogP contribution in [-0.4, -0.2) is 24.1 Å². The molecule has 3 nitrogen and oxygen atoms in total. The van der Waals surface area contributed by atoms with E-state index in [2.05, 4.69) is 6.92 Å². The van der Waals surface area contributed by atoms with Crippen molar-refractivity contribution in [3.8, 4) is 0 Å². The zero-order chi connectivity index (χ0) is 15.7. The Morgan fingerprint density at radius 3 is 2.24 bits per heavy atom. The lowest BCUT2D eigenvalue weighted by Gasteiger charge is -2.32. The lowest BCUT2D eigenvalue weighted by molar-refractivity contribution is -0.00710. The Morgan fingerprint density at radius 2 is 1.71 bits per heavy atom. The molecule has 0 spiro atoms. The maximum Gasteiger partial charge on any atom is 0.410 e. The molecule has 0 heterocycles. The van der Waals surface area contributed by atoms with Gasteiger partial charge < -0.3 is 9.64 Å². The molecule has 21 heavy (non-hydrogen) atoms. The first-order chi connectivity index (χ1) is 10.1. The van der Waals surface area contributed by atoms with Gasteiger partial charge >= 0.3 is 6.09 Å². The van der Waals surface area contributed by atoms with Gasteiger partial charge in [0.15, 0.2) is 0 Å². The Labute approximate surface area is 129 Å². The second-order valence-electron chi connectivity index (χ2n) is 5.59. The standard InChI is InChI=1S/C18H29NO2/c1-5-8-12-15-18(4,16-13-10-9-11-14-16)21-17(20)19(6-2)7-3/h9-11,13-14H,5-8,12,15H2,1-4H3. The van der Waals surface area contributed by atoms with E-state index in [0.29, 0.717) is 13.1 Å². The van der Waals surface area contributed by atoms with Crippen molar-refractivity contribution >= 4 is 6.09 Å². The lowest BCUT2D eigenvalue weighted by Crippen LogP contribution is -2.38. The number of carbonyl (C=O) groups is 1. The molecule has 0 bridgehead atoms. The molecule has 1 aromatic carbocycles. The van der Waals surface area contributed by atoms with Gasteiger partial charge in [-0.25, -0.2) is 4.79 Å². The van der Waals surface area contributed by atoms with E-state index in [4.69, 9.17) is 4.74 Å². The number of rotatable bonds is 8. The number of unbranched alkanes of at least 4 members (excludes halogenated alkanes) is 2. The predicted octanol–water partition coefficient (Wildman–Crippen LogP) is 4.96. The molecule has 118 valence electrons. The number of hydrogen-bond donors (Lipinski definition) is 0. The van der Waals surface area contributed by atoms with E-state index in [-0.39, 0.29) is 6.09 Å². The van der Waals surface area contributed by atoms with Crippen molar-refractivity contribution in [2.75, 3.05) is 13.1 Å². The third-order valence-electron chi connectivity index (χ3n) is 3.98. The molecule has 0 saturated heterocycles. The summed E-state index contributed by atoms with van der Waals surface area (Å²) < 4.78 is 5.90. The summed E-state index contributed by atoms with van der Waals surface area (Å²) in [5.41, 5.74) is 0.525. The van der Waals surface area contributed by atoms with Gasteiger partial charge in [0.05, 0.1) is 0 Å². The van der Waals surface area contributed by atoms with Crippen molar-refractivity contribution in [1.29, 1.82) is 0 Å². The topological polar surface area (TPSA) is 29.5 Å². The van der Waals surface area contributed by atoms with Crippen LogP contribution in [0.5, 0.6) is 0 Å². The first-order valence-electron chi connectivity index (χ1n) is 8.10. The molecular formula is C18H29NO2. The third kappa shape index (κ3) is 5.07. The zero-order valence-electron chi connectivity index (χ0n) is 13.9. The van der Waals surface area contributed by atoms with Gasteiger partial charge in [0, 0.05) is 13.1 Å². The lowest BCUT2D eigenvalue weighted by atomic mass is 9.90. The Bertz CT molecular complexity index is 414. The number of carbonyl (C=O) groups excluding carboxylic acids is 1. The van der Waals surface area contributed by atoms with Gasteiger partial charge in [0.1, 0.15) is 5.60 Å². The minimum atomic E-state index is -0.546. The molecule has 0 saturated carbocycles. The average Bonchev–Trinajstić information content (AvgIpc) is 2.49. The third-order valence-corrected chi connectivity index (χ3v) is 3.98. The minimum absolute atomic E-state index is 0.220. The van der Waals surface area contributed by atoms with E-state index in [1.165, 1.54) is 0 Å². The second-order valence-corrected chi connectivity index (χ2v) is 5.59. The summed E-state index contributed by atoms with van der Waals surface area (Å²) in [6.07, 6.45) is 4.02. The highest BCUT2D eigenvalue weighted by atomic mass is 16.6. The Kier molecular flexibility index (Phi) is 7.27. The monoisotopic (exact) mass is 291 g/mol. The van der Waals surface area contributed by atoms with Crippen LogP contribution in [0.1, 0.15) is 58.9 Å². The summed E-state index contributed by atoms with van der Waals surface area (Å²) in [6, 6.07) is 10.1. The van der Waals surface area contributed by atoms with E-state index >= 15 is 0 Å². The molecule has 0 aromatic heterocycles. The normalized spacial score (nSPS) is 13.5. The maximum atomic E-state index is 12.3. The highest BCUT2D eigenvalue weighted by molar-refractivity contribution is 5.68. The number of nitrogens with zero attached hydrogens (tertiary/aromatic N) is 1. The molecule has 0 aliphatic heterocycles. The SMILES string of the molecule is CCCCCC(C)(OC(=O)N(CC)CC)c1ccccc1. The fourth-order valence-electron chi connectivity index (χ4n) is 2.50. The van der Waals surface area contributed by atoms with Crippen LogP contribution in [0.3, 0.4) is 0 Å². The van der Waals surface area contributed by atoms with Crippen molar-refractivity contribution in [2.45, 2.75) is 59.0 Å². The molecule has 1 rings (SSSR count). The minimum Gasteiger partial charge on any atom is -0.438 e. The molecule has 1 atom stereocenters. The van der Waals surface area contributed by atoms with Gasteiger partial charge in [-0.3, -0.25) is 0 Å². The average molecular weight is 291 g/mol. The Balaban J connectivity index is 2.89. The Hall–Kier alpha value is -1.51. The number of amides is 1. The first kappa shape index (κ1) is 17.5. The van der Waals surface area contributed by atoms with Crippen LogP contribution >= 0.6 is 0 Å². The summed E-state index contributed by atoms with van der Waals surface area (Å²) in [4.78, 5) is 14.1. The van der Waals surface area contributed by atoms with Crippen LogP contribution in [0.4, 0.5) is 4.79 Å². The van der Waals surface area contributed by atoms with Crippen molar-refractivity contribution in [1.82, 2.24) is 4.90 Å². The largest absolute Gasteiger partial charge is 0.438 e.